The second-order valence-corrected chi connectivity index (χ2v) is 6.41. The Balaban J connectivity index is 3.16. The second kappa shape index (κ2) is 5.09. The molecule has 0 radical (unpaired) electrons. The molecule has 0 spiro atoms. The number of halogens is 1. The van der Waals surface area contributed by atoms with E-state index in [1.54, 1.807) is 24.3 Å². The van der Waals surface area contributed by atoms with Crippen molar-refractivity contribution in [2.75, 3.05) is 6.54 Å². The zero-order valence-electron chi connectivity index (χ0n) is 8.48. The zero-order valence-corrected chi connectivity index (χ0v) is 10.9. The number of hydrogen-bond donors (Lipinski definition) is 1. The van der Waals surface area contributed by atoms with Gasteiger partial charge in [0.05, 0.1) is 10.1 Å². The zero-order chi connectivity index (χ0) is 11.5. The molecule has 1 atom stereocenters. The lowest BCUT2D eigenvalue weighted by atomic mass is 10.3. The largest absolute Gasteiger partial charge is 0.329 e. The maximum absolute atomic E-state index is 12.0. The smallest absolute Gasteiger partial charge is 0.182 e. The molecule has 0 aliphatic heterocycles. The van der Waals surface area contributed by atoms with E-state index in [1.807, 2.05) is 6.92 Å². The van der Waals surface area contributed by atoms with Gasteiger partial charge in [-0.1, -0.05) is 28.9 Å². The monoisotopic (exact) mass is 291 g/mol. The van der Waals surface area contributed by atoms with E-state index in [4.69, 9.17) is 5.73 Å². The van der Waals surface area contributed by atoms with Gasteiger partial charge in [-0.25, -0.2) is 8.42 Å². The van der Waals surface area contributed by atoms with E-state index < -0.39 is 15.1 Å². The number of sulfone groups is 1. The fourth-order valence-corrected chi connectivity index (χ4v) is 3.54. The predicted octanol–water partition coefficient (Wildman–Crippen LogP) is 1.96. The summed E-state index contributed by atoms with van der Waals surface area (Å²) in [6, 6.07) is 6.70. The molecule has 15 heavy (non-hydrogen) atoms. The third-order valence-corrected chi connectivity index (χ3v) is 5.09. The van der Waals surface area contributed by atoms with Crippen LogP contribution in [0.2, 0.25) is 0 Å². The van der Waals surface area contributed by atoms with Crippen LogP contribution in [0, 0.1) is 0 Å². The Bertz CT molecular complexity index is 427. The molecule has 1 unspecified atom stereocenters. The molecule has 1 aromatic rings. The molecule has 3 nitrogen and oxygen atoms in total. The summed E-state index contributed by atoms with van der Waals surface area (Å²) in [5, 5.41) is -0.494. The van der Waals surface area contributed by atoms with Crippen LogP contribution < -0.4 is 5.73 Å². The normalized spacial score (nSPS) is 13.8. The van der Waals surface area contributed by atoms with Gasteiger partial charge in [-0.05, 0) is 24.6 Å². The molecule has 0 aliphatic carbocycles. The van der Waals surface area contributed by atoms with Crippen LogP contribution in [0.3, 0.4) is 0 Å². The summed E-state index contributed by atoms with van der Waals surface area (Å²) in [4.78, 5) is 0.328. The van der Waals surface area contributed by atoms with Crippen molar-refractivity contribution in [2.45, 2.75) is 23.5 Å². The van der Waals surface area contributed by atoms with E-state index >= 15 is 0 Å². The van der Waals surface area contributed by atoms with Crippen LogP contribution in [0.5, 0.6) is 0 Å². The lowest BCUT2D eigenvalue weighted by Crippen LogP contribution is -2.29. The van der Waals surface area contributed by atoms with Gasteiger partial charge in [0.2, 0.25) is 0 Å². The van der Waals surface area contributed by atoms with Gasteiger partial charge in [-0.3, -0.25) is 0 Å². The molecule has 1 aromatic carbocycles. The first-order chi connectivity index (χ1) is 7.02. The van der Waals surface area contributed by atoms with E-state index in [9.17, 15) is 8.42 Å². The van der Waals surface area contributed by atoms with Crippen LogP contribution >= 0.6 is 15.9 Å². The molecule has 0 aromatic heterocycles. The number of hydrogen-bond acceptors (Lipinski definition) is 3. The SMILES string of the molecule is CCC(CN)S(=O)(=O)c1cccc(Br)c1. The quantitative estimate of drug-likeness (QED) is 0.923. The summed E-state index contributed by atoms with van der Waals surface area (Å²) in [5.74, 6) is 0. The molecule has 1 rings (SSSR count). The Kier molecular flexibility index (Phi) is 4.31. The summed E-state index contributed by atoms with van der Waals surface area (Å²) >= 11 is 3.25. The second-order valence-electron chi connectivity index (χ2n) is 3.27. The maximum Gasteiger partial charge on any atom is 0.182 e. The van der Waals surface area contributed by atoms with Crippen molar-refractivity contribution in [3.05, 3.63) is 28.7 Å². The molecule has 0 bridgehead atoms. The van der Waals surface area contributed by atoms with Gasteiger partial charge < -0.3 is 5.73 Å². The van der Waals surface area contributed by atoms with Crippen LogP contribution in [-0.2, 0) is 9.84 Å². The van der Waals surface area contributed by atoms with Crippen molar-refractivity contribution in [3.8, 4) is 0 Å². The van der Waals surface area contributed by atoms with Gasteiger partial charge >= 0.3 is 0 Å². The molecule has 0 saturated carbocycles. The molecular formula is C10H14BrNO2S. The van der Waals surface area contributed by atoms with Crippen molar-refractivity contribution in [1.82, 2.24) is 0 Å². The number of rotatable bonds is 4. The summed E-state index contributed by atoms with van der Waals surface area (Å²) in [7, 11) is -3.28. The fraction of sp³-hybridized carbons (Fsp3) is 0.400. The Labute approximate surface area is 98.7 Å². The van der Waals surface area contributed by atoms with Crippen molar-refractivity contribution >= 4 is 25.8 Å². The maximum atomic E-state index is 12.0. The Morgan fingerprint density at radius 3 is 2.60 bits per heavy atom. The molecule has 5 heteroatoms. The van der Waals surface area contributed by atoms with Gasteiger partial charge in [0.1, 0.15) is 0 Å². The molecule has 0 heterocycles. The van der Waals surface area contributed by atoms with E-state index in [-0.39, 0.29) is 6.54 Å². The fourth-order valence-electron chi connectivity index (χ4n) is 1.35. The van der Waals surface area contributed by atoms with Gasteiger partial charge in [-0.2, -0.15) is 0 Å². The van der Waals surface area contributed by atoms with E-state index in [0.29, 0.717) is 11.3 Å². The minimum atomic E-state index is -3.28. The van der Waals surface area contributed by atoms with Crippen molar-refractivity contribution < 1.29 is 8.42 Å². The molecule has 84 valence electrons. The molecule has 0 fully saturated rings. The Hall–Kier alpha value is -0.390. The Morgan fingerprint density at radius 2 is 2.13 bits per heavy atom. The highest BCUT2D eigenvalue weighted by atomic mass is 79.9. The highest BCUT2D eigenvalue weighted by Crippen LogP contribution is 2.21. The lowest BCUT2D eigenvalue weighted by molar-refractivity contribution is 0.576. The Morgan fingerprint density at radius 1 is 1.47 bits per heavy atom. The van der Waals surface area contributed by atoms with E-state index in [2.05, 4.69) is 15.9 Å². The first-order valence-corrected chi connectivity index (χ1v) is 7.05. The van der Waals surface area contributed by atoms with Crippen LogP contribution in [0.1, 0.15) is 13.3 Å². The first kappa shape index (κ1) is 12.7. The number of benzene rings is 1. The highest BCUT2D eigenvalue weighted by Gasteiger charge is 2.24. The van der Waals surface area contributed by atoms with Crippen LogP contribution in [-0.4, -0.2) is 20.2 Å². The summed E-state index contributed by atoms with van der Waals surface area (Å²) in [6.45, 7) is 1.98. The van der Waals surface area contributed by atoms with Gasteiger partial charge in [-0.15, -0.1) is 0 Å². The number of nitrogens with two attached hydrogens (primary N) is 1. The minimum absolute atomic E-state index is 0.158. The molecule has 0 amide bonds. The first-order valence-electron chi connectivity index (χ1n) is 4.72. The van der Waals surface area contributed by atoms with E-state index in [0.717, 1.165) is 4.47 Å². The van der Waals surface area contributed by atoms with Crippen molar-refractivity contribution in [1.29, 1.82) is 0 Å². The molecule has 2 N–H and O–H groups in total. The summed E-state index contributed by atoms with van der Waals surface area (Å²) in [5.41, 5.74) is 5.45. The third-order valence-electron chi connectivity index (χ3n) is 2.28. The average molecular weight is 292 g/mol. The van der Waals surface area contributed by atoms with Gasteiger partial charge in [0, 0.05) is 11.0 Å². The van der Waals surface area contributed by atoms with Gasteiger partial charge in [0.15, 0.2) is 9.84 Å². The third kappa shape index (κ3) is 2.80. The summed E-state index contributed by atoms with van der Waals surface area (Å²) < 4.78 is 24.9. The molecular weight excluding hydrogens is 278 g/mol. The van der Waals surface area contributed by atoms with Crippen molar-refractivity contribution in [3.63, 3.8) is 0 Å². The predicted molar refractivity (Wildman–Crippen MR) is 64.5 cm³/mol. The van der Waals surface area contributed by atoms with Crippen LogP contribution in [0.4, 0.5) is 0 Å². The van der Waals surface area contributed by atoms with Crippen LogP contribution in [0.15, 0.2) is 33.6 Å². The average Bonchev–Trinajstić information content (AvgIpc) is 2.19. The minimum Gasteiger partial charge on any atom is -0.329 e. The standard InChI is InChI=1S/C10H14BrNO2S/c1-2-9(7-12)15(13,14)10-5-3-4-8(11)6-10/h3-6,9H,2,7,12H2,1H3. The molecule has 0 saturated heterocycles. The van der Waals surface area contributed by atoms with E-state index in [1.165, 1.54) is 0 Å². The van der Waals surface area contributed by atoms with Crippen molar-refractivity contribution in [2.24, 2.45) is 5.73 Å². The lowest BCUT2D eigenvalue weighted by Gasteiger charge is -2.13. The summed E-state index contributed by atoms with van der Waals surface area (Å²) in [6.07, 6.45) is 0.533. The topological polar surface area (TPSA) is 60.2 Å². The molecule has 0 aliphatic rings. The highest BCUT2D eigenvalue weighted by molar-refractivity contribution is 9.10. The van der Waals surface area contributed by atoms with Crippen LogP contribution in [0.25, 0.3) is 0 Å². The van der Waals surface area contributed by atoms with Gasteiger partial charge in [0.25, 0.3) is 0 Å².